The summed E-state index contributed by atoms with van der Waals surface area (Å²) in [6.45, 7) is 6.28. The van der Waals surface area contributed by atoms with Gasteiger partial charge in [0.15, 0.2) is 6.23 Å². The predicted octanol–water partition coefficient (Wildman–Crippen LogP) is 1.38. The van der Waals surface area contributed by atoms with E-state index in [2.05, 4.69) is 25.8 Å². The molecule has 0 saturated heterocycles. The number of nitrogens with zero attached hydrogens (tertiary/aromatic N) is 1. The SMILES string of the molecule is CC(C)(C)CC1N=CC(=O)O1. The minimum absolute atomic E-state index is 0.159. The summed E-state index contributed by atoms with van der Waals surface area (Å²) in [7, 11) is 0. The van der Waals surface area contributed by atoms with Crippen molar-refractivity contribution in [1.82, 2.24) is 0 Å². The van der Waals surface area contributed by atoms with Crippen LogP contribution in [0.4, 0.5) is 0 Å². The third-order valence-electron chi connectivity index (χ3n) is 1.39. The first kappa shape index (κ1) is 8.24. The Morgan fingerprint density at radius 2 is 2.27 bits per heavy atom. The van der Waals surface area contributed by atoms with E-state index in [9.17, 15) is 4.79 Å². The highest BCUT2D eigenvalue weighted by Gasteiger charge is 2.23. The largest absolute Gasteiger partial charge is 0.435 e. The maximum absolute atomic E-state index is 10.6. The van der Waals surface area contributed by atoms with Crippen LogP contribution in [0, 0.1) is 5.41 Å². The molecule has 0 N–H and O–H groups in total. The zero-order valence-electron chi connectivity index (χ0n) is 7.13. The maximum Gasteiger partial charge on any atom is 0.351 e. The lowest BCUT2D eigenvalue weighted by molar-refractivity contribution is -0.138. The molecule has 0 aromatic heterocycles. The molecule has 0 bridgehead atoms. The molecular weight excluding hydrogens is 142 g/mol. The summed E-state index contributed by atoms with van der Waals surface area (Å²) in [5.74, 6) is -0.320. The van der Waals surface area contributed by atoms with Crippen molar-refractivity contribution in [1.29, 1.82) is 0 Å². The minimum atomic E-state index is -0.320. The van der Waals surface area contributed by atoms with Gasteiger partial charge in [-0.25, -0.2) is 9.79 Å². The monoisotopic (exact) mass is 155 g/mol. The molecule has 1 heterocycles. The van der Waals surface area contributed by atoms with E-state index >= 15 is 0 Å². The molecule has 11 heavy (non-hydrogen) atoms. The van der Waals surface area contributed by atoms with Gasteiger partial charge in [0.25, 0.3) is 0 Å². The first-order chi connectivity index (χ1) is 4.97. The van der Waals surface area contributed by atoms with E-state index in [-0.39, 0.29) is 17.6 Å². The Labute approximate surface area is 66.5 Å². The van der Waals surface area contributed by atoms with E-state index in [1.165, 1.54) is 6.21 Å². The standard InChI is InChI=1S/C8H13NO2/c1-8(2,3)4-6-9-5-7(10)11-6/h5-6H,4H2,1-3H3. The average Bonchev–Trinajstić information content (AvgIpc) is 2.10. The number of carbonyl (C=O) groups excluding carboxylic acids is 1. The van der Waals surface area contributed by atoms with Crippen molar-refractivity contribution >= 4 is 12.2 Å². The maximum atomic E-state index is 10.6. The molecule has 62 valence electrons. The number of hydrogen-bond donors (Lipinski definition) is 0. The van der Waals surface area contributed by atoms with Crippen LogP contribution in [-0.4, -0.2) is 18.4 Å². The van der Waals surface area contributed by atoms with Crippen molar-refractivity contribution in [3.63, 3.8) is 0 Å². The van der Waals surface area contributed by atoms with Crippen LogP contribution in [0.2, 0.25) is 0 Å². The van der Waals surface area contributed by atoms with Crippen LogP contribution >= 0.6 is 0 Å². The highest BCUT2D eigenvalue weighted by Crippen LogP contribution is 2.24. The quantitative estimate of drug-likeness (QED) is 0.536. The number of carbonyl (C=O) groups is 1. The predicted molar refractivity (Wildman–Crippen MR) is 42.4 cm³/mol. The second kappa shape index (κ2) is 2.64. The Hall–Kier alpha value is -0.860. The summed E-state index contributed by atoms with van der Waals surface area (Å²) < 4.78 is 4.88. The van der Waals surface area contributed by atoms with Gasteiger partial charge in [0.2, 0.25) is 0 Å². The van der Waals surface area contributed by atoms with Crippen molar-refractivity contribution < 1.29 is 9.53 Å². The van der Waals surface area contributed by atoms with Gasteiger partial charge in [-0.3, -0.25) is 0 Å². The van der Waals surface area contributed by atoms with E-state index in [1.54, 1.807) is 0 Å². The highest BCUT2D eigenvalue weighted by atomic mass is 16.6. The van der Waals surface area contributed by atoms with Crippen LogP contribution in [0.5, 0.6) is 0 Å². The molecule has 0 amide bonds. The molecular formula is C8H13NO2. The molecule has 1 atom stereocenters. The first-order valence-electron chi connectivity index (χ1n) is 3.71. The fraction of sp³-hybridized carbons (Fsp3) is 0.750. The van der Waals surface area contributed by atoms with Gasteiger partial charge >= 0.3 is 5.97 Å². The van der Waals surface area contributed by atoms with Crippen LogP contribution in [-0.2, 0) is 9.53 Å². The number of hydrogen-bond acceptors (Lipinski definition) is 3. The van der Waals surface area contributed by atoms with Crippen molar-refractivity contribution in [3.05, 3.63) is 0 Å². The van der Waals surface area contributed by atoms with Gasteiger partial charge in [0.1, 0.15) is 6.21 Å². The summed E-state index contributed by atoms with van der Waals surface area (Å²) in [5.41, 5.74) is 0.159. The van der Waals surface area contributed by atoms with Gasteiger partial charge in [-0.2, -0.15) is 0 Å². The molecule has 0 radical (unpaired) electrons. The molecule has 3 nitrogen and oxygen atoms in total. The number of cyclic esters (lactones) is 1. The normalized spacial score (nSPS) is 23.9. The van der Waals surface area contributed by atoms with E-state index in [0.717, 1.165) is 6.42 Å². The number of ether oxygens (including phenoxy) is 1. The fourth-order valence-corrected chi connectivity index (χ4v) is 0.957. The second-order valence-electron chi connectivity index (χ2n) is 3.93. The van der Waals surface area contributed by atoms with Crippen LogP contribution < -0.4 is 0 Å². The lowest BCUT2D eigenvalue weighted by Gasteiger charge is -2.20. The van der Waals surface area contributed by atoms with Crippen molar-refractivity contribution in [2.75, 3.05) is 0 Å². The highest BCUT2D eigenvalue weighted by molar-refractivity contribution is 6.24. The first-order valence-corrected chi connectivity index (χ1v) is 3.71. The number of esters is 1. The molecule has 0 spiro atoms. The lowest BCUT2D eigenvalue weighted by atomic mass is 9.91. The summed E-state index contributed by atoms with van der Waals surface area (Å²) >= 11 is 0. The zero-order valence-corrected chi connectivity index (χ0v) is 7.13. The molecule has 0 aliphatic carbocycles. The Morgan fingerprint density at radius 1 is 1.64 bits per heavy atom. The molecule has 0 aromatic rings. The lowest BCUT2D eigenvalue weighted by Crippen LogP contribution is -2.17. The summed E-state index contributed by atoms with van der Waals surface area (Å²) in [6, 6.07) is 0. The van der Waals surface area contributed by atoms with Crippen molar-refractivity contribution in [3.8, 4) is 0 Å². The third kappa shape index (κ3) is 2.70. The molecule has 1 unspecified atom stereocenters. The Balaban J connectivity index is 2.42. The molecule has 1 aliphatic rings. The molecule has 1 aliphatic heterocycles. The van der Waals surface area contributed by atoms with Gasteiger partial charge in [-0.05, 0) is 5.41 Å². The molecule has 0 fully saturated rings. The van der Waals surface area contributed by atoms with E-state index < -0.39 is 0 Å². The Kier molecular flexibility index (Phi) is 1.98. The molecule has 1 rings (SSSR count). The van der Waals surface area contributed by atoms with Gasteiger partial charge < -0.3 is 4.74 Å². The van der Waals surface area contributed by atoms with E-state index in [0.29, 0.717) is 0 Å². The topological polar surface area (TPSA) is 38.7 Å². The molecule has 0 saturated carbocycles. The number of aliphatic imine (C=N–C) groups is 1. The summed E-state index contributed by atoms with van der Waals surface area (Å²) in [4.78, 5) is 14.5. The summed E-state index contributed by atoms with van der Waals surface area (Å²) in [6.07, 6.45) is 1.79. The van der Waals surface area contributed by atoms with Gasteiger partial charge in [-0.1, -0.05) is 20.8 Å². The third-order valence-corrected chi connectivity index (χ3v) is 1.39. The smallest absolute Gasteiger partial charge is 0.351 e. The number of rotatable bonds is 1. The van der Waals surface area contributed by atoms with Gasteiger partial charge in [0, 0.05) is 6.42 Å². The minimum Gasteiger partial charge on any atom is -0.435 e. The Morgan fingerprint density at radius 3 is 2.64 bits per heavy atom. The summed E-state index contributed by atoms with van der Waals surface area (Å²) in [5, 5.41) is 0. The van der Waals surface area contributed by atoms with Crippen LogP contribution in [0.25, 0.3) is 0 Å². The van der Waals surface area contributed by atoms with Crippen LogP contribution in [0.1, 0.15) is 27.2 Å². The zero-order chi connectivity index (χ0) is 8.48. The average molecular weight is 155 g/mol. The van der Waals surface area contributed by atoms with Crippen LogP contribution in [0.3, 0.4) is 0 Å². The van der Waals surface area contributed by atoms with Crippen molar-refractivity contribution in [2.45, 2.75) is 33.4 Å². The molecule has 3 heteroatoms. The Bertz CT molecular complexity index is 191. The second-order valence-corrected chi connectivity index (χ2v) is 3.93. The van der Waals surface area contributed by atoms with Gasteiger partial charge in [0.05, 0.1) is 0 Å². The fourth-order valence-electron chi connectivity index (χ4n) is 0.957. The van der Waals surface area contributed by atoms with Crippen molar-refractivity contribution in [2.24, 2.45) is 10.4 Å². The van der Waals surface area contributed by atoms with E-state index in [1.807, 2.05) is 0 Å². The van der Waals surface area contributed by atoms with Crippen LogP contribution in [0.15, 0.2) is 4.99 Å². The van der Waals surface area contributed by atoms with Gasteiger partial charge in [-0.15, -0.1) is 0 Å². The van der Waals surface area contributed by atoms with E-state index in [4.69, 9.17) is 4.74 Å². The molecule has 0 aromatic carbocycles.